The van der Waals surface area contributed by atoms with E-state index in [0.717, 1.165) is 29.1 Å². The molecule has 0 aromatic carbocycles. The van der Waals surface area contributed by atoms with E-state index in [4.69, 9.17) is 0 Å². The highest BCUT2D eigenvalue weighted by molar-refractivity contribution is 5.87. The van der Waals surface area contributed by atoms with Crippen LogP contribution in [0.3, 0.4) is 0 Å². The van der Waals surface area contributed by atoms with E-state index in [1.165, 1.54) is 12.8 Å². The van der Waals surface area contributed by atoms with Gasteiger partial charge in [0, 0.05) is 18.2 Å². The van der Waals surface area contributed by atoms with Gasteiger partial charge in [0.1, 0.15) is 17.3 Å². The zero-order valence-electron chi connectivity index (χ0n) is 10.3. The van der Waals surface area contributed by atoms with Crippen LogP contribution >= 0.6 is 0 Å². The van der Waals surface area contributed by atoms with E-state index in [-0.39, 0.29) is 0 Å². The van der Waals surface area contributed by atoms with Gasteiger partial charge in [-0.05, 0) is 25.3 Å². The van der Waals surface area contributed by atoms with Gasteiger partial charge in [0.25, 0.3) is 0 Å². The first kappa shape index (κ1) is 10.6. The Kier molecular flexibility index (Phi) is 2.50. The van der Waals surface area contributed by atoms with Gasteiger partial charge in [-0.25, -0.2) is 9.97 Å². The zero-order valence-corrected chi connectivity index (χ0v) is 10.3. The van der Waals surface area contributed by atoms with Crippen LogP contribution in [0.25, 0.3) is 11.0 Å². The number of aromatic nitrogens is 3. The van der Waals surface area contributed by atoms with Gasteiger partial charge in [-0.15, -0.1) is 0 Å². The first-order chi connectivity index (χ1) is 8.28. The van der Waals surface area contributed by atoms with Crippen molar-refractivity contribution in [1.82, 2.24) is 15.0 Å². The molecule has 0 saturated heterocycles. The number of anilines is 1. The summed E-state index contributed by atoms with van der Waals surface area (Å²) in [6.45, 7) is 4.34. The molecule has 2 heterocycles. The van der Waals surface area contributed by atoms with Crippen LogP contribution in [0.2, 0.25) is 0 Å². The largest absolute Gasteiger partial charge is 0.367 e. The fourth-order valence-corrected chi connectivity index (χ4v) is 1.89. The second kappa shape index (κ2) is 4.02. The van der Waals surface area contributed by atoms with Crippen LogP contribution in [-0.2, 0) is 0 Å². The van der Waals surface area contributed by atoms with Crippen LogP contribution in [0.15, 0.2) is 12.3 Å². The van der Waals surface area contributed by atoms with Crippen LogP contribution in [-0.4, -0.2) is 21.0 Å². The van der Waals surface area contributed by atoms with Gasteiger partial charge in [0.2, 0.25) is 0 Å². The smallest absolute Gasteiger partial charge is 0.143 e. The Morgan fingerprint density at radius 3 is 3.00 bits per heavy atom. The summed E-state index contributed by atoms with van der Waals surface area (Å²) in [5.74, 6) is 2.34. The number of rotatable bonds is 4. The number of H-pyrrole nitrogens is 1. The second-order valence-electron chi connectivity index (χ2n) is 4.90. The van der Waals surface area contributed by atoms with E-state index in [1.54, 1.807) is 0 Å². The Balaban J connectivity index is 2.05. The second-order valence-corrected chi connectivity index (χ2v) is 4.90. The molecule has 1 fully saturated rings. The van der Waals surface area contributed by atoms with Crippen molar-refractivity contribution < 1.29 is 0 Å². The molecule has 4 heteroatoms. The number of nitrogens with one attached hydrogen (secondary N) is 2. The molecule has 1 aliphatic carbocycles. The van der Waals surface area contributed by atoms with Gasteiger partial charge in [-0.3, -0.25) is 0 Å². The minimum Gasteiger partial charge on any atom is -0.367 e. The molecule has 0 bridgehead atoms. The summed E-state index contributed by atoms with van der Waals surface area (Å²) >= 11 is 0. The Bertz CT molecular complexity index is 527. The van der Waals surface area contributed by atoms with Crippen molar-refractivity contribution in [2.75, 3.05) is 5.32 Å². The summed E-state index contributed by atoms with van der Waals surface area (Å²) < 4.78 is 0. The molecule has 1 aliphatic rings. The van der Waals surface area contributed by atoms with Crippen molar-refractivity contribution in [3.8, 4) is 0 Å². The maximum Gasteiger partial charge on any atom is 0.143 e. The summed E-state index contributed by atoms with van der Waals surface area (Å²) in [5, 5.41) is 4.59. The minimum absolute atomic E-state index is 0.405. The van der Waals surface area contributed by atoms with Crippen LogP contribution < -0.4 is 5.32 Å². The molecule has 2 aromatic rings. The van der Waals surface area contributed by atoms with Crippen LogP contribution in [0.5, 0.6) is 0 Å². The van der Waals surface area contributed by atoms with Gasteiger partial charge in [-0.1, -0.05) is 13.8 Å². The Morgan fingerprint density at radius 1 is 1.47 bits per heavy atom. The number of aromatic amines is 1. The highest BCUT2D eigenvalue weighted by atomic mass is 15.1. The number of hydrogen-bond acceptors (Lipinski definition) is 3. The summed E-state index contributed by atoms with van der Waals surface area (Å²) in [4.78, 5) is 12.5. The predicted octanol–water partition coefficient (Wildman–Crippen LogP) is 3.05. The van der Waals surface area contributed by atoms with Crippen LogP contribution in [0.1, 0.15) is 44.9 Å². The number of hydrogen-bond donors (Lipinski definition) is 2. The molecular formula is C13H18N4. The van der Waals surface area contributed by atoms with E-state index in [0.29, 0.717) is 12.0 Å². The van der Waals surface area contributed by atoms with Crippen LogP contribution in [0.4, 0.5) is 5.82 Å². The Labute approximate surface area is 101 Å². The number of nitrogens with zero attached hydrogens (tertiary/aromatic N) is 2. The third-order valence-electron chi connectivity index (χ3n) is 3.40. The van der Waals surface area contributed by atoms with E-state index in [9.17, 15) is 0 Å². The molecule has 1 saturated carbocycles. The average Bonchev–Trinajstić information content (AvgIpc) is 3.02. The van der Waals surface area contributed by atoms with Gasteiger partial charge >= 0.3 is 0 Å². The highest BCUT2D eigenvalue weighted by Gasteiger charge is 2.23. The topological polar surface area (TPSA) is 53.6 Å². The molecule has 2 N–H and O–H groups in total. The lowest BCUT2D eigenvalue weighted by Crippen LogP contribution is -2.08. The third kappa shape index (κ3) is 1.99. The summed E-state index contributed by atoms with van der Waals surface area (Å²) in [5.41, 5.74) is 0.943. The van der Waals surface area contributed by atoms with Gasteiger partial charge in [0.15, 0.2) is 0 Å². The van der Waals surface area contributed by atoms with E-state index in [1.807, 2.05) is 12.3 Å². The molecule has 90 valence electrons. The zero-order chi connectivity index (χ0) is 11.8. The first-order valence-corrected chi connectivity index (χ1v) is 6.39. The Hall–Kier alpha value is -1.58. The molecule has 0 aliphatic heterocycles. The van der Waals surface area contributed by atoms with E-state index in [2.05, 4.69) is 34.1 Å². The average molecular weight is 230 g/mol. The maximum absolute atomic E-state index is 4.68. The molecule has 2 aromatic heterocycles. The molecule has 1 unspecified atom stereocenters. The molecule has 4 nitrogen and oxygen atoms in total. The lowest BCUT2D eigenvalue weighted by atomic mass is 10.1. The monoisotopic (exact) mass is 230 g/mol. The van der Waals surface area contributed by atoms with Crippen LogP contribution in [0, 0.1) is 0 Å². The SMILES string of the molecule is CCC(C)c1nc(NC2CC2)c2cc[nH]c2n1. The molecule has 3 rings (SSSR count). The van der Waals surface area contributed by atoms with Crippen molar-refractivity contribution in [1.29, 1.82) is 0 Å². The molecule has 17 heavy (non-hydrogen) atoms. The van der Waals surface area contributed by atoms with Gasteiger partial charge in [-0.2, -0.15) is 0 Å². The lowest BCUT2D eigenvalue weighted by molar-refractivity contribution is 0.683. The fourth-order valence-electron chi connectivity index (χ4n) is 1.89. The molecule has 0 amide bonds. The van der Waals surface area contributed by atoms with Crippen molar-refractivity contribution in [2.45, 2.75) is 45.1 Å². The highest BCUT2D eigenvalue weighted by Crippen LogP contribution is 2.29. The predicted molar refractivity (Wildman–Crippen MR) is 69.2 cm³/mol. The Morgan fingerprint density at radius 2 is 2.29 bits per heavy atom. The van der Waals surface area contributed by atoms with Crippen molar-refractivity contribution in [3.63, 3.8) is 0 Å². The fraction of sp³-hybridized carbons (Fsp3) is 0.538. The van der Waals surface area contributed by atoms with Crippen molar-refractivity contribution >= 4 is 16.9 Å². The van der Waals surface area contributed by atoms with Gasteiger partial charge in [0.05, 0.1) is 5.39 Å². The van der Waals surface area contributed by atoms with Gasteiger partial charge < -0.3 is 10.3 Å². The molecule has 0 radical (unpaired) electrons. The molecule has 0 spiro atoms. The minimum atomic E-state index is 0.405. The molecule has 1 atom stereocenters. The van der Waals surface area contributed by atoms with Crippen molar-refractivity contribution in [2.24, 2.45) is 0 Å². The van der Waals surface area contributed by atoms with Crippen molar-refractivity contribution in [3.05, 3.63) is 18.1 Å². The molecular weight excluding hydrogens is 212 g/mol. The summed E-state index contributed by atoms with van der Waals surface area (Å²) in [7, 11) is 0. The summed E-state index contributed by atoms with van der Waals surface area (Å²) in [6, 6.07) is 2.66. The normalized spacial score (nSPS) is 17.3. The maximum atomic E-state index is 4.68. The quantitative estimate of drug-likeness (QED) is 0.848. The lowest BCUT2D eigenvalue weighted by Gasteiger charge is -2.11. The van der Waals surface area contributed by atoms with E-state index < -0.39 is 0 Å². The third-order valence-corrected chi connectivity index (χ3v) is 3.40. The standard InChI is InChI=1S/C13H18N4/c1-3-8(2)11-16-12-10(6-7-14-12)13(17-11)15-9-4-5-9/h6-9H,3-5H2,1-2H3,(H2,14,15,16,17). The first-order valence-electron chi connectivity index (χ1n) is 6.39. The van der Waals surface area contributed by atoms with E-state index >= 15 is 0 Å². The number of fused-ring (bicyclic) bond motifs is 1. The summed E-state index contributed by atoms with van der Waals surface area (Å²) in [6.07, 6.45) is 5.51.